The molecule has 0 fully saturated rings. The molecule has 0 aliphatic carbocycles. The molecule has 0 aliphatic heterocycles. The quantitative estimate of drug-likeness (QED) is 0.0261. The first-order valence-corrected chi connectivity index (χ1v) is 32.6. The summed E-state index contributed by atoms with van der Waals surface area (Å²) in [6.07, 6.45) is 78.7. The molecule has 0 saturated carbocycles. The van der Waals surface area contributed by atoms with Crippen LogP contribution in [-0.4, -0.2) is 37.2 Å². The lowest BCUT2D eigenvalue weighted by molar-refractivity contribution is -0.167. The summed E-state index contributed by atoms with van der Waals surface area (Å²) in [5.41, 5.74) is 0. The van der Waals surface area contributed by atoms with Gasteiger partial charge in [-0.05, 0) is 96.3 Å². The van der Waals surface area contributed by atoms with Gasteiger partial charge in [0.1, 0.15) is 13.2 Å². The Labute approximate surface area is 460 Å². The van der Waals surface area contributed by atoms with Crippen molar-refractivity contribution in [2.75, 3.05) is 13.2 Å². The minimum absolute atomic E-state index is 0.0755. The number of hydrogen-bond acceptors (Lipinski definition) is 6. The van der Waals surface area contributed by atoms with Crippen molar-refractivity contribution >= 4 is 17.9 Å². The van der Waals surface area contributed by atoms with Crippen molar-refractivity contribution in [3.05, 3.63) is 48.6 Å². The molecule has 0 N–H and O–H groups in total. The van der Waals surface area contributed by atoms with E-state index in [1.54, 1.807) is 0 Å². The van der Waals surface area contributed by atoms with E-state index in [4.69, 9.17) is 14.2 Å². The number of rotatable bonds is 60. The first-order valence-electron chi connectivity index (χ1n) is 32.6. The Morgan fingerprint density at radius 3 is 0.824 bits per heavy atom. The molecule has 0 radical (unpaired) electrons. The first-order chi connectivity index (χ1) is 36.5. The predicted molar refractivity (Wildman–Crippen MR) is 321 cm³/mol. The lowest BCUT2D eigenvalue weighted by atomic mass is 10.0. The third-order valence-corrected chi connectivity index (χ3v) is 14.5. The van der Waals surface area contributed by atoms with Crippen molar-refractivity contribution in [2.24, 2.45) is 0 Å². The van der Waals surface area contributed by atoms with Crippen LogP contribution in [0, 0.1) is 0 Å². The highest BCUT2D eigenvalue weighted by atomic mass is 16.6. The lowest BCUT2D eigenvalue weighted by Crippen LogP contribution is -2.30. The Balaban J connectivity index is 4.01. The van der Waals surface area contributed by atoms with Gasteiger partial charge in [0.05, 0.1) is 0 Å². The molecule has 0 bridgehead atoms. The number of unbranched alkanes of at least 4 members (excludes halogenated alkanes) is 41. The van der Waals surface area contributed by atoms with Crippen LogP contribution in [-0.2, 0) is 28.6 Å². The van der Waals surface area contributed by atoms with Gasteiger partial charge in [-0.1, -0.05) is 281 Å². The van der Waals surface area contributed by atoms with Crippen LogP contribution in [0.4, 0.5) is 0 Å². The van der Waals surface area contributed by atoms with Crippen LogP contribution in [0.1, 0.15) is 348 Å². The van der Waals surface area contributed by atoms with Crippen LogP contribution in [0.5, 0.6) is 0 Å². The van der Waals surface area contributed by atoms with E-state index in [1.165, 1.54) is 225 Å². The van der Waals surface area contributed by atoms with Gasteiger partial charge >= 0.3 is 17.9 Å². The van der Waals surface area contributed by atoms with E-state index in [9.17, 15) is 14.4 Å². The average Bonchev–Trinajstić information content (AvgIpc) is 3.40. The number of carbonyl (C=O) groups is 3. The molecule has 1 unspecified atom stereocenters. The number of hydrogen-bond donors (Lipinski definition) is 0. The van der Waals surface area contributed by atoms with Gasteiger partial charge < -0.3 is 14.2 Å². The van der Waals surface area contributed by atoms with Crippen LogP contribution in [0.2, 0.25) is 0 Å². The fourth-order valence-corrected chi connectivity index (χ4v) is 9.59. The summed E-state index contributed by atoms with van der Waals surface area (Å²) in [7, 11) is 0. The SMILES string of the molecule is CCC/C=C\CCCCCCCC(=O)OCC(COC(=O)CCCCCCCCCCCCCCCCCCCCCCC/C=C\C/C=C\CCCCCCC)OC(=O)CCCCCCC/C=C\CCCCCC. The first kappa shape index (κ1) is 71.4. The van der Waals surface area contributed by atoms with Crippen LogP contribution in [0.15, 0.2) is 48.6 Å². The van der Waals surface area contributed by atoms with Crippen molar-refractivity contribution < 1.29 is 28.6 Å². The molecule has 1 atom stereocenters. The highest BCUT2D eigenvalue weighted by Gasteiger charge is 2.19. The molecule has 0 aliphatic rings. The van der Waals surface area contributed by atoms with Gasteiger partial charge in [-0.3, -0.25) is 14.4 Å². The molecular weight excluding hydrogens is 913 g/mol. The second-order valence-corrected chi connectivity index (χ2v) is 22.0. The maximum absolute atomic E-state index is 12.8. The van der Waals surface area contributed by atoms with Crippen molar-refractivity contribution in [2.45, 2.75) is 354 Å². The van der Waals surface area contributed by atoms with Crippen molar-refractivity contribution in [1.29, 1.82) is 0 Å². The summed E-state index contributed by atoms with van der Waals surface area (Å²) in [6.45, 7) is 6.57. The van der Waals surface area contributed by atoms with Gasteiger partial charge in [0.2, 0.25) is 0 Å². The van der Waals surface area contributed by atoms with Gasteiger partial charge in [0.25, 0.3) is 0 Å². The Hall–Kier alpha value is -2.63. The second kappa shape index (κ2) is 62.9. The zero-order chi connectivity index (χ0) is 53.6. The van der Waals surface area contributed by atoms with E-state index in [0.717, 1.165) is 83.5 Å². The summed E-state index contributed by atoms with van der Waals surface area (Å²) < 4.78 is 16.8. The molecular formula is C68H124O6. The van der Waals surface area contributed by atoms with Crippen molar-refractivity contribution in [1.82, 2.24) is 0 Å². The summed E-state index contributed by atoms with van der Waals surface area (Å²) in [5.74, 6) is -0.880. The fraction of sp³-hybridized carbons (Fsp3) is 0.838. The topological polar surface area (TPSA) is 78.9 Å². The number of esters is 3. The molecule has 432 valence electrons. The lowest BCUT2D eigenvalue weighted by Gasteiger charge is -2.18. The minimum atomic E-state index is -0.777. The van der Waals surface area contributed by atoms with Gasteiger partial charge in [0.15, 0.2) is 6.10 Å². The van der Waals surface area contributed by atoms with Crippen LogP contribution < -0.4 is 0 Å². The summed E-state index contributed by atoms with van der Waals surface area (Å²) in [6, 6.07) is 0. The molecule has 0 aromatic heterocycles. The smallest absolute Gasteiger partial charge is 0.306 e. The maximum atomic E-state index is 12.8. The zero-order valence-electron chi connectivity index (χ0n) is 49.6. The van der Waals surface area contributed by atoms with Crippen molar-refractivity contribution in [3.63, 3.8) is 0 Å². The number of allylic oxidation sites excluding steroid dienone is 8. The van der Waals surface area contributed by atoms with Crippen LogP contribution in [0.3, 0.4) is 0 Å². The summed E-state index contributed by atoms with van der Waals surface area (Å²) in [5, 5.41) is 0. The standard InChI is InChI=1S/C68H124O6/c1-4-7-10-13-16-19-22-24-25-26-27-28-29-30-31-32-33-34-35-36-37-38-39-40-41-42-43-45-46-49-52-55-58-61-67(70)73-64-65(63-72-66(69)60-57-54-51-48-21-18-15-12-9-6-3)74-68(71)62-59-56-53-50-47-44-23-20-17-14-11-8-5-2/h12,15,20,22-24,26-27,65H,4-11,13-14,16-19,21,25,28-64H2,1-3H3/b15-12-,23-20-,24-22-,27-26-. The molecule has 0 heterocycles. The van der Waals surface area contributed by atoms with E-state index in [-0.39, 0.29) is 31.1 Å². The van der Waals surface area contributed by atoms with E-state index in [2.05, 4.69) is 69.4 Å². The Morgan fingerprint density at radius 1 is 0.270 bits per heavy atom. The molecule has 6 nitrogen and oxygen atoms in total. The third kappa shape index (κ3) is 60.2. The zero-order valence-corrected chi connectivity index (χ0v) is 49.6. The van der Waals surface area contributed by atoms with Crippen molar-refractivity contribution in [3.8, 4) is 0 Å². The highest BCUT2D eigenvalue weighted by Crippen LogP contribution is 2.17. The molecule has 0 saturated heterocycles. The summed E-state index contributed by atoms with van der Waals surface area (Å²) in [4.78, 5) is 38.1. The van der Waals surface area contributed by atoms with E-state index in [1.807, 2.05) is 0 Å². The summed E-state index contributed by atoms with van der Waals surface area (Å²) >= 11 is 0. The van der Waals surface area contributed by atoms with E-state index >= 15 is 0 Å². The largest absolute Gasteiger partial charge is 0.462 e. The van der Waals surface area contributed by atoms with E-state index < -0.39 is 6.10 Å². The highest BCUT2D eigenvalue weighted by molar-refractivity contribution is 5.71. The minimum Gasteiger partial charge on any atom is -0.462 e. The van der Waals surface area contributed by atoms with Gasteiger partial charge in [0, 0.05) is 19.3 Å². The number of ether oxygens (including phenoxy) is 3. The Kier molecular flexibility index (Phi) is 60.7. The molecule has 0 aromatic carbocycles. The van der Waals surface area contributed by atoms with Gasteiger partial charge in [-0.15, -0.1) is 0 Å². The van der Waals surface area contributed by atoms with Gasteiger partial charge in [-0.25, -0.2) is 0 Å². The van der Waals surface area contributed by atoms with Crippen LogP contribution >= 0.6 is 0 Å². The Morgan fingerprint density at radius 2 is 0.514 bits per heavy atom. The normalized spacial score (nSPS) is 12.3. The number of carbonyl (C=O) groups excluding carboxylic acids is 3. The third-order valence-electron chi connectivity index (χ3n) is 14.5. The average molecular weight is 1040 g/mol. The van der Waals surface area contributed by atoms with Crippen LogP contribution in [0.25, 0.3) is 0 Å². The van der Waals surface area contributed by atoms with E-state index in [0.29, 0.717) is 19.3 Å². The molecule has 74 heavy (non-hydrogen) atoms. The molecule has 6 heteroatoms. The predicted octanol–water partition coefficient (Wildman–Crippen LogP) is 22.2. The molecule has 0 rings (SSSR count). The maximum Gasteiger partial charge on any atom is 0.306 e. The van der Waals surface area contributed by atoms with Gasteiger partial charge in [-0.2, -0.15) is 0 Å². The molecule has 0 amide bonds. The second-order valence-electron chi connectivity index (χ2n) is 22.0. The fourth-order valence-electron chi connectivity index (χ4n) is 9.59. The molecule has 0 spiro atoms. The monoisotopic (exact) mass is 1040 g/mol. The Bertz CT molecular complexity index is 1280. The molecule has 0 aromatic rings.